The number of nitrogens with zero attached hydrogens (tertiary/aromatic N) is 2. The molecule has 5 nitrogen and oxygen atoms in total. The number of para-hydroxylation sites is 1. The lowest BCUT2D eigenvalue weighted by Crippen LogP contribution is -2.39. The van der Waals surface area contributed by atoms with Crippen LogP contribution in [0.4, 0.5) is 11.4 Å². The van der Waals surface area contributed by atoms with E-state index in [0.717, 1.165) is 42.7 Å². The fourth-order valence-electron chi connectivity index (χ4n) is 3.33. The number of aryl methyl sites for hydroxylation is 2. The lowest BCUT2D eigenvalue weighted by atomic mass is 10.0. The van der Waals surface area contributed by atoms with Crippen LogP contribution in [0, 0.1) is 0 Å². The molecule has 5 heteroatoms. The molecule has 0 atom stereocenters. The van der Waals surface area contributed by atoms with Gasteiger partial charge in [0.2, 0.25) is 11.8 Å². The number of hydrogen-bond acceptors (Lipinski definition) is 3. The van der Waals surface area contributed by atoms with Crippen LogP contribution in [0.2, 0.25) is 0 Å². The van der Waals surface area contributed by atoms with Crippen molar-refractivity contribution < 1.29 is 9.59 Å². The van der Waals surface area contributed by atoms with E-state index in [1.807, 2.05) is 47.4 Å². The topological polar surface area (TPSA) is 52.7 Å². The molecule has 1 aliphatic heterocycles. The summed E-state index contributed by atoms with van der Waals surface area (Å²) in [6.45, 7) is 1.04. The molecule has 1 N–H and O–H groups in total. The standard InChI is InChI=1S/C22H27N3O2/c1-24(2)21(26)14-11-17-9-12-19(13-10-17)23-16-22(27)25-15-5-7-18-6-3-4-8-20(18)25/h3-4,6,8-10,12-13,23H,5,7,11,14-16H2,1-2H3. The minimum atomic E-state index is 0.0859. The zero-order valence-corrected chi connectivity index (χ0v) is 16.1. The lowest BCUT2D eigenvalue weighted by Gasteiger charge is -2.29. The molecule has 0 radical (unpaired) electrons. The zero-order valence-electron chi connectivity index (χ0n) is 16.1. The highest BCUT2D eigenvalue weighted by molar-refractivity contribution is 5.97. The fraction of sp³-hybridized carbons (Fsp3) is 0.364. The van der Waals surface area contributed by atoms with Crippen molar-refractivity contribution in [3.8, 4) is 0 Å². The van der Waals surface area contributed by atoms with Gasteiger partial charge in [-0.15, -0.1) is 0 Å². The predicted molar refractivity (Wildman–Crippen MR) is 109 cm³/mol. The molecule has 27 heavy (non-hydrogen) atoms. The normalized spacial score (nSPS) is 13.0. The van der Waals surface area contributed by atoms with Gasteiger partial charge in [-0.1, -0.05) is 30.3 Å². The Balaban J connectivity index is 1.53. The second kappa shape index (κ2) is 8.71. The molecule has 2 aromatic carbocycles. The van der Waals surface area contributed by atoms with Crippen molar-refractivity contribution in [1.29, 1.82) is 0 Å². The summed E-state index contributed by atoms with van der Waals surface area (Å²) >= 11 is 0. The number of anilines is 2. The van der Waals surface area contributed by atoms with Crippen molar-refractivity contribution in [1.82, 2.24) is 4.90 Å². The quantitative estimate of drug-likeness (QED) is 0.856. The molecule has 0 unspecified atom stereocenters. The molecule has 1 aliphatic rings. The van der Waals surface area contributed by atoms with E-state index in [0.29, 0.717) is 6.42 Å². The lowest BCUT2D eigenvalue weighted by molar-refractivity contribution is -0.128. The number of benzene rings is 2. The van der Waals surface area contributed by atoms with Crippen molar-refractivity contribution in [3.05, 3.63) is 59.7 Å². The summed E-state index contributed by atoms with van der Waals surface area (Å²) in [5.74, 6) is 0.215. The maximum absolute atomic E-state index is 12.7. The fourth-order valence-corrected chi connectivity index (χ4v) is 3.33. The molecule has 0 saturated carbocycles. The van der Waals surface area contributed by atoms with Gasteiger partial charge in [-0.3, -0.25) is 9.59 Å². The largest absolute Gasteiger partial charge is 0.376 e. The maximum Gasteiger partial charge on any atom is 0.246 e. The van der Waals surface area contributed by atoms with Gasteiger partial charge >= 0.3 is 0 Å². The smallest absolute Gasteiger partial charge is 0.246 e. The van der Waals surface area contributed by atoms with E-state index in [2.05, 4.69) is 11.4 Å². The highest BCUT2D eigenvalue weighted by Crippen LogP contribution is 2.26. The summed E-state index contributed by atoms with van der Waals surface area (Å²) in [5, 5.41) is 3.22. The minimum Gasteiger partial charge on any atom is -0.376 e. The second-order valence-corrected chi connectivity index (χ2v) is 7.12. The van der Waals surface area contributed by atoms with Gasteiger partial charge in [0.15, 0.2) is 0 Å². The van der Waals surface area contributed by atoms with E-state index < -0.39 is 0 Å². The van der Waals surface area contributed by atoms with Gasteiger partial charge in [-0.05, 0) is 48.6 Å². The van der Waals surface area contributed by atoms with Crippen LogP contribution in [0.5, 0.6) is 0 Å². The number of amides is 2. The molecule has 2 aromatic rings. The van der Waals surface area contributed by atoms with Crippen molar-refractivity contribution in [2.24, 2.45) is 0 Å². The van der Waals surface area contributed by atoms with E-state index in [9.17, 15) is 9.59 Å². The number of hydrogen-bond donors (Lipinski definition) is 1. The zero-order chi connectivity index (χ0) is 19.2. The molecular weight excluding hydrogens is 338 g/mol. The van der Waals surface area contributed by atoms with Crippen molar-refractivity contribution in [2.45, 2.75) is 25.7 Å². The first-order valence-corrected chi connectivity index (χ1v) is 9.46. The first kappa shape index (κ1) is 19.0. The molecule has 0 spiro atoms. The third kappa shape index (κ3) is 4.88. The number of nitrogens with one attached hydrogen (secondary N) is 1. The summed E-state index contributed by atoms with van der Waals surface area (Å²) in [4.78, 5) is 27.8. The van der Waals surface area contributed by atoms with Crippen LogP contribution in [-0.2, 0) is 22.4 Å². The number of fused-ring (bicyclic) bond motifs is 1. The molecule has 0 aliphatic carbocycles. The van der Waals surface area contributed by atoms with E-state index in [1.165, 1.54) is 5.56 Å². The van der Waals surface area contributed by atoms with E-state index >= 15 is 0 Å². The number of rotatable bonds is 6. The molecule has 1 heterocycles. The molecule has 3 rings (SSSR count). The van der Waals surface area contributed by atoms with Gasteiger partial charge in [-0.25, -0.2) is 0 Å². The summed E-state index contributed by atoms with van der Waals surface area (Å²) in [6.07, 6.45) is 3.27. The van der Waals surface area contributed by atoms with Gasteiger partial charge in [0.1, 0.15) is 0 Å². The Hall–Kier alpha value is -2.82. The number of carbonyl (C=O) groups is 2. The third-order valence-corrected chi connectivity index (χ3v) is 4.94. The molecule has 0 saturated heterocycles. The average molecular weight is 365 g/mol. The molecule has 2 amide bonds. The Morgan fingerprint density at radius 2 is 1.81 bits per heavy atom. The Labute approximate surface area is 161 Å². The van der Waals surface area contributed by atoms with Gasteiger partial charge in [0.25, 0.3) is 0 Å². The van der Waals surface area contributed by atoms with Crippen LogP contribution in [0.15, 0.2) is 48.5 Å². The van der Waals surface area contributed by atoms with Crippen LogP contribution < -0.4 is 10.2 Å². The van der Waals surface area contributed by atoms with Gasteiger partial charge in [-0.2, -0.15) is 0 Å². The highest BCUT2D eigenvalue weighted by Gasteiger charge is 2.21. The molecule has 0 bridgehead atoms. The van der Waals surface area contributed by atoms with E-state index in [-0.39, 0.29) is 18.4 Å². The Bertz CT molecular complexity index is 799. The average Bonchev–Trinajstić information content (AvgIpc) is 2.70. The van der Waals surface area contributed by atoms with Crippen LogP contribution >= 0.6 is 0 Å². The maximum atomic E-state index is 12.7. The monoisotopic (exact) mass is 365 g/mol. The molecule has 0 fully saturated rings. The first-order chi connectivity index (χ1) is 13.0. The predicted octanol–water partition coefficient (Wildman–Crippen LogP) is 3.10. The first-order valence-electron chi connectivity index (χ1n) is 9.46. The van der Waals surface area contributed by atoms with Crippen LogP contribution in [0.3, 0.4) is 0 Å². The van der Waals surface area contributed by atoms with Crippen molar-refractivity contribution in [2.75, 3.05) is 37.4 Å². The molecular formula is C22H27N3O2. The Kier molecular flexibility index (Phi) is 6.12. The molecule has 0 aromatic heterocycles. The van der Waals surface area contributed by atoms with Gasteiger partial charge in [0.05, 0.1) is 6.54 Å². The Morgan fingerprint density at radius 3 is 2.56 bits per heavy atom. The van der Waals surface area contributed by atoms with Gasteiger partial charge < -0.3 is 15.1 Å². The van der Waals surface area contributed by atoms with Crippen LogP contribution in [-0.4, -0.2) is 43.9 Å². The minimum absolute atomic E-state index is 0.0859. The van der Waals surface area contributed by atoms with Crippen molar-refractivity contribution in [3.63, 3.8) is 0 Å². The van der Waals surface area contributed by atoms with Crippen molar-refractivity contribution >= 4 is 23.2 Å². The summed E-state index contributed by atoms with van der Waals surface area (Å²) < 4.78 is 0. The second-order valence-electron chi connectivity index (χ2n) is 7.12. The van der Waals surface area contributed by atoms with Crippen LogP contribution in [0.1, 0.15) is 24.0 Å². The summed E-state index contributed by atoms with van der Waals surface area (Å²) in [7, 11) is 3.54. The van der Waals surface area contributed by atoms with E-state index in [4.69, 9.17) is 0 Å². The van der Waals surface area contributed by atoms with E-state index in [1.54, 1.807) is 19.0 Å². The molecule has 142 valence electrons. The Morgan fingerprint density at radius 1 is 1.07 bits per heavy atom. The number of carbonyl (C=O) groups excluding carboxylic acids is 2. The summed E-state index contributed by atoms with van der Waals surface area (Å²) in [6, 6.07) is 16.1. The van der Waals surface area contributed by atoms with Gasteiger partial charge in [0, 0.05) is 38.4 Å². The SMILES string of the molecule is CN(C)C(=O)CCc1ccc(NCC(=O)N2CCCc3ccccc32)cc1. The van der Waals surface area contributed by atoms with Crippen LogP contribution in [0.25, 0.3) is 0 Å². The summed E-state index contributed by atoms with van der Waals surface area (Å²) in [5.41, 5.74) is 4.31. The third-order valence-electron chi connectivity index (χ3n) is 4.94. The highest BCUT2D eigenvalue weighted by atomic mass is 16.2.